The molecule has 0 saturated heterocycles. The zero-order valence-corrected chi connectivity index (χ0v) is 14.7. The third-order valence-electron chi connectivity index (χ3n) is 2.93. The van der Waals surface area contributed by atoms with E-state index >= 15 is 0 Å². The minimum absolute atomic E-state index is 0.0140. The van der Waals surface area contributed by atoms with Gasteiger partial charge in [0, 0.05) is 5.02 Å². The minimum atomic E-state index is -3.90. The zero-order valence-electron chi connectivity index (χ0n) is 11.7. The van der Waals surface area contributed by atoms with Crippen LogP contribution in [0.2, 0.25) is 15.1 Å². The number of hydrogen-bond donors (Lipinski definition) is 1. The fraction of sp³-hybridized carbons (Fsp3) is 0.143. The Morgan fingerprint density at radius 1 is 1.05 bits per heavy atom. The van der Waals surface area contributed by atoms with E-state index in [1.807, 2.05) is 6.92 Å². The Bertz CT molecular complexity index is 822. The van der Waals surface area contributed by atoms with E-state index in [1.165, 1.54) is 25.3 Å². The molecule has 0 heterocycles. The van der Waals surface area contributed by atoms with Gasteiger partial charge in [0.05, 0.1) is 17.8 Å². The zero-order chi connectivity index (χ0) is 16.5. The van der Waals surface area contributed by atoms with Crippen LogP contribution >= 0.6 is 34.8 Å². The summed E-state index contributed by atoms with van der Waals surface area (Å²) in [7, 11) is -2.58. The average molecular weight is 381 g/mol. The van der Waals surface area contributed by atoms with E-state index < -0.39 is 10.0 Å². The minimum Gasteiger partial charge on any atom is -0.494 e. The van der Waals surface area contributed by atoms with Gasteiger partial charge in [-0.25, -0.2) is 8.42 Å². The third kappa shape index (κ3) is 3.43. The highest BCUT2D eigenvalue weighted by Gasteiger charge is 2.23. The molecule has 22 heavy (non-hydrogen) atoms. The highest BCUT2D eigenvalue weighted by molar-refractivity contribution is 7.92. The lowest BCUT2D eigenvalue weighted by atomic mass is 10.2. The fourth-order valence-electron chi connectivity index (χ4n) is 1.78. The van der Waals surface area contributed by atoms with Gasteiger partial charge in [0.25, 0.3) is 10.0 Å². The second-order valence-corrected chi connectivity index (χ2v) is 7.31. The van der Waals surface area contributed by atoms with Crippen molar-refractivity contribution in [2.75, 3.05) is 11.8 Å². The highest BCUT2D eigenvalue weighted by Crippen LogP contribution is 2.38. The molecule has 2 aromatic carbocycles. The number of halogens is 3. The van der Waals surface area contributed by atoms with Crippen LogP contribution < -0.4 is 9.46 Å². The van der Waals surface area contributed by atoms with E-state index in [2.05, 4.69) is 4.72 Å². The molecule has 0 aliphatic rings. The van der Waals surface area contributed by atoms with Crippen LogP contribution in [0.25, 0.3) is 0 Å². The second-order valence-electron chi connectivity index (χ2n) is 4.46. The summed E-state index contributed by atoms with van der Waals surface area (Å²) in [5, 5.41) is 0.700. The van der Waals surface area contributed by atoms with E-state index in [0.717, 1.165) is 5.56 Å². The SMILES string of the molecule is COc1c(S(=O)(=O)Nc2ccc(C)c(Cl)c2)ccc(Cl)c1Cl. The number of hydrogen-bond acceptors (Lipinski definition) is 3. The Hall–Kier alpha value is -1.14. The normalized spacial score (nSPS) is 11.3. The number of rotatable bonds is 4. The van der Waals surface area contributed by atoms with E-state index in [-0.39, 0.29) is 20.7 Å². The summed E-state index contributed by atoms with van der Waals surface area (Å²) in [4.78, 5) is -0.110. The quantitative estimate of drug-likeness (QED) is 0.831. The second kappa shape index (κ2) is 6.54. The molecule has 0 fully saturated rings. The highest BCUT2D eigenvalue weighted by atomic mass is 35.5. The Morgan fingerprint density at radius 3 is 2.32 bits per heavy atom. The van der Waals surface area contributed by atoms with E-state index in [1.54, 1.807) is 12.1 Å². The van der Waals surface area contributed by atoms with Gasteiger partial charge in [-0.3, -0.25) is 4.72 Å². The van der Waals surface area contributed by atoms with Gasteiger partial charge in [0.15, 0.2) is 5.75 Å². The molecule has 0 spiro atoms. The molecule has 0 aromatic heterocycles. The predicted molar refractivity (Wildman–Crippen MR) is 90.0 cm³/mol. The first-order valence-corrected chi connectivity index (χ1v) is 8.69. The van der Waals surface area contributed by atoms with Crippen LogP contribution in [0, 0.1) is 6.92 Å². The van der Waals surface area contributed by atoms with Crippen LogP contribution in [-0.2, 0) is 10.0 Å². The first-order valence-electron chi connectivity index (χ1n) is 6.07. The molecule has 0 amide bonds. The van der Waals surface area contributed by atoms with Crippen molar-refractivity contribution in [1.29, 1.82) is 0 Å². The predicted octanol–water partition coefficient (Wildman–Crippen LogP) is 4.76. The third-order valence-corrected chi connectivity index (χ3v) is 5.53. The summed E-state index contributed by atoms with van der Waals surface area (Å²) >= 11 is 17.8. The summed E-state index contributed by atoms with van der Waals surface area (Å²) in [6, 6.07) is 7.57. The van der Waals surface area contributed by atoms with Gasteiger partial charge in [-0.1, -0.05) is 40.9 Å². The molecule has 0 radical (unpaired) electrons. The number of ether oxygens (including phenoxy) is 1. The molecule has 4 nitrogen and oxygen atoms in total. The van der Waals surface area contributed by atoms with Crippen LogP contribution in [0.4, 0.5) is 5.69 Å². The van der Waals surface area contributed by atoms with Gasteiger partial charge < -0.3 is 4.74 Å². The van der Waals surface area contributed by atoms with Crippen molar-refractivity contribution < 1.29 is 13.2 Å². The van der Waals surface area contributed by atoms with E-state index in [0.29, 0.717) is 10.7 Å². The first kappa shape index (κ1) is 17.2. The largest absolute Gasteiger partial charge is 0.494 e. The van der Waals surface area contributed by atoms with Gasteiger partial charge in [0.1, 0.15) is 9.92 Å². The Kier molecular flexibility index (Phi) is 5.12. The lowest BCUT2D eigenvalue weighted by molar-refractivity contribution is 0.403. The lowest BCUT2D eigenvalue weighted by Crippen LogP contribution is -2.14. The maximum atomic E-state index is 12.5. The van der Waals surface area contributed by atoms with Crippen molar-refractivity contribution in [2.45, 2.75) is 11.8 Å². The van der Waals surface area contributed by atoms with E-state index in [9.17, 15) is 8.42 Å². The number of aryl methyl sites for hydroxylation is 1. The molecular weight excluding hydrogens is 369 g/mol. The Balaban J connectivity index is 2.47. The van der Waals surface area contributed by atoms with Gasteiger partial charge in [-0.05, 0) is 36.8 Å². The fourth-order valence-corrected chi connectivity index (χ4v) is 3.63. The maximum Gasteiger partial charge on any atom is 0.265 e. The van der Waals surface area contributed by atoms with Gasteiger partial charge in [-0.15, -0.1) is 0 Å². The number of methoxy groups -OCH3 is 1. The van der Waals surface area contributed by atoms with Crippen LogP contribution in [0.3, 0.4) is 0 Å². The summed E-state index contributed by atoms with van der Waals surface area (Å²) in [6.07, 6.45) is 0. The van der Waals surface area contributed by atoms with Crippen molar-refractivity contribution in [1.82, 2.24) is 0 Å². The molecule has 0 saturated carbocycles. The van der Waals surface area contributed by atoms with Crippen molar-refractivity contribution in [3.63, 3.8) is 0 Å². The van der Waals surface area contributed by atoms with Gasteiger partial charge >= 0.3 is 0 Å². The molecule has 118 valence electrons. The van der Waals surface area contributed by atoms with Crippen LogP contribution in [-0.4, -0.2) is 15.5 Å². The molecule has 8 heteroatoms. The van der Waals surface area contributed by atoms with E-state index in [4.69, 9.17) is 39.5 Å². The Morgan fingerprint density at radius 2 is 1.73 bits per heavy atom. The number of nitrogens with one attached hydrogen (secondary N) is 1. The molecular formula is C14H12Cl3NO3S. The topological polar surface area (TPSA) is 55.4 Å². The van der Waals surface area contributed by atoms with Crippen molar-refractivity contribution in [2.24, 2.45) is 0 Å². The van der Waals surface area contributed by atoms with Crippen molar-refractivity contribution in [3.05, 3.63) is 51.0 Å². The molecule has 0 bridgehead atoms. The summed E-state index contributed by atoms with van der Waals surface area (Å²) in [5.41, 5.74) is 1.18. The van der Waals surface area contributed by atoms with Crippen molar-refractivity contribution >= 4 is 50.5 Å². The van der Waals surface area contributed by atoms with Crippen LogP contribution in [0.15, 0.2) is 35.2 Å². The summed E-state index contributed by atoms with van der Waals surface area (Å²) in [5.74, 6) is -0.0140. The standard InChI is InChI=1S/C14H12Cl3NO3S/c1-8-3-4-9(7-11(8)16)18-22(19,20)12-6-5-10(15)13(17)14(12)21-2/h3-7,18H,1-2H3. The molecule has 2 rings (SSSR count). The summed E-state index contributed by atoms with van der Waals surface area (Å²) in [6.45, 7) is 1.82. The number of benzene rings is 2. The van der Waals surface area contributed by atoms with Crippen LogP contribution in [0.5, 0.6) is 5.75 Å². The number of anilines is 1. The monoisotopic (exact) mass is 379 g/mol. The van der Waals surface area contributed by atoms with Gasteiger partial charge in [-0.2, -0.15) is 0 Å². The molecule has 0 aliphatic carbocycles. The van der Waals surface area contributed by atoms with Crippen molar-refractivity contribution in [3.8, 4) is 5.75 Å². The molecule has 0 atom stereocenters. The molecule has 0 unspecified atom stereocenters. The van der Waals surface area contributed by atoms with Gasteiger partial charge in [0.2, 0.25) is 0 Å². The molecule has 0 aliphatic heterocycles. The first-order chi connectivity index (χ1) is 10.3. The smallest absolute Gasteiger partial charge is 0.265 e. The molecule has 1 N–H and O–H groups in total. The lowest BCUT2D eigenvalue weighted by Gasteiger charge is -2.14. The summed E-state index contributed by atoms with van der Waals surface area (Å²) < 4.78 is 32.5. The molecule has 2 aromatic rings. The number of sulfonamides is 1. The maximum absolute atomic E-state index is 12.5. The average Bonchev–Trinajstić information content (AvgIpc) is 2.45. The van der Waals surface area contributed by atoms with Crippen LogP contribution in [0.1, 0.15) is 5.56 Å². The Labute approximate surface area is 144 Å².